The number of phenols is 1. The van der Waals surface area contributed by atoms with Crippen LogP contribution in [0.25, 0.3) is 6.08 Å². The molecule has 1 saturated heterocycles. The van der Waals surface area contributed by atoms with Gasteiger partial charge in [0.2, 0.25) is 0 Å². The number of thioether (sulfide) groups is 1. The number of aliphatic carboxylic acids is 2. The maximum absolute atomic E-state index is 12.8. The first kappa shape index (κ1) is 19.9. The number of thiocarbonyl (C=S) groups is 1. The second-order valence-corrected chi connectivity index (χ2v) is 7.33. The van der Waals surface area contributed by atoms with Crippen molar-refractivity contribution in [2.75, 3.05) is 0 Å². The molecule has 2 rings (SSSR count). The normalized spacial score (nSPS) is 17.2. The van der Waals surface area contributed by atoms with E-state index in [0.717, 1.165) is 16.7 Å². The van der Waals surface area contributed by atoms with Crippen LogP contribution < -0.4 is 0 Å². The Morgan fingerprint density at radius 3 is 2.31 bits per heavy atom. The van der Waals surface area contributed by atoms with Crippen molar-refractivity contribution in [3.05, 3.63) is 34.7 Å². The second kappa shape index (κ2) is 8.33. The van der Waals surface area contributed by atoms with Crippen molar-refractivity contribution in [2.24, 2.45) is 5.92 Å². The summed E-state index contributed by atoms with van der Waals surface area (Å²) in [6.45, 7) is 1.78. The largest absolute Gasteiger partial charge is 0.508 e. The van der Waals surface area contributed by atoms with Crippen LogP contribution in [0.5, 0.6) is 5.75 Å². The molecule has 1 aromatic carbocycles. The van der Waals surface area contributed by atoms with Crippen LogP contribution in [0.15, 0.2) is 29.2 Å². The van der Waals surface area contributed by atoms with E-state index in [-0.39, 0.29) is 21.4 Å². The van der Waals surface area contributed by atoms with Gasteiger partial charge in [0.1, 0.15) is 10.1 Å². The topological polar surface area (TPSA) is 115 Å². The van der Waals surface area contributed by atoms with Crippen molar-refractivity contribution in [3.63, 3.8) is 0 Å². The molecule has 1 aliphatic heterocycles. The molecule has 9 heteroatoms. The summed E-state index contributed by atoms with van der Waals surface area (Å²) >= 11 is 6.21. The number of phenolic OH excluding ortho intramolecular Hbond substituents is 1. The van der Waals surface area contributed by atoms with Gasteiger partial charge in [-0.05, 0) is 30.2 Å². The standard InChI is InChI=1S/C17H17NO6S2/c1-2-3-11(13(15(21)22)16(23)24)18-14(20)12(26-17(18)25)8-9-4-6-10(19)7-5-9/h4-8,11,13,19H,2-3H2,1H3,(H,21,22)(H,23,24). The summed E-state index contributed by atoms with van der Waals surface area (Å²) in [5.41, 5.74) is 0.656. The van der Waals surface area contributed by atoms with Crippen molar-refractivity contribution in [2.45, 2.75) is 25.8 Å². The summed E-state index contributed by atoms with van der Waals surface area (Å²) in [7, 11) is 0. The van der Waals surface area contributed by atoms with E-state index < -0.39 is 29.8 Å². The Bertz CT molecular complexity index is 760. The molecule has 0 aromatic heterocycles. The van der Waals surface area contributed by atoms with Crippen molar-refractivity contribution < 1.29 is 29.7 Å². The van der Waals surface area contributed by atoms with Gasteiger partial charge in [0.25, 0.3) is 5.91 Å². The number of hydrogen-bond acceptors (Lipinski definition) is 6. The Labute approximate surface area is 159 Å². The summed E-state index contributed by atoms with van der Waals surface area (Å²) in [4.78, 5) is 37.0. The fourth-order valence-electron chi connectivity index (χ4n) is 2.66. The van der Waals surface area contributed by atoms with Gasteiger partial charge in [-0.3, -0.25) is 19.3 Å². The van der Waals surface area contributed by atoms with Crippen LogP contribution in [0.1, 0.15) is 25.3 Å². The van der Waals surface area contributed by atoms with E-state index in [1.807, 2.05) is 0 Å². The predicted molar refractivity (Wildman–Crippen MR) is 101 cm³/mol. The highest BCUT2D eigenvalue weighted by Gasteiger charge is 2.45. The lowest BCUT2D eigenvalue weighted by molar-refractivity contribution is -0.157. The van der Waals surface area contributed by atoms with E-state index in [9.17, 15) is 29.7 Å². The Hall–Kier alpha value is -2.39. The first-order valence-electron chi connectivity index (χ1n) is 7.78. The number of carboxylic acids is 2. The SMILES string of the molecule is CCCC(C(C(=O)O)C(=O)O)N1C(=O)C(=Cc2ccc(O)cc2)SC1=S. The van der Waals surface area contributed by atoms with Gasteiger partial charge in [-0.15, -0.1) is 0 Å². The van der Waals surface area contributed by atoms with Gasteiger partial charge >= 0.3 is 11.9 Å². The van der Waals surface area contributed by atoms with E-state index >= 15 is 0 Å². The summed E-state index contributed by atoms with van der Waals surface area (Å²) < 4.78 is 0.131. The van der Waals surface area contributed by atoms with Crippen molar-refractivity contribution in [1.82, 2.24) is 4.90 Å². The zero-order valence-corrected chi connectivity index (χ0v) is 15.4. The highest BCUT2D eigenvalue weighted by Crippen LogP contribution is 2.36. The average Bonchev–Trinajstić information content (AvgIpc) is 2.82. The maximum atomic E-state index is 12.8. The number of amides is 1. The van der Waals surface area contributed by atoms with Gasteiger partial charge in [0.05, 0.1) is 10.9 Å². The molecular weight excluding hydrogens is 378 g/mol. The first-order chi connectivity index (χ1) is 12.3. The molecule has 1 atom stereocenters. The smallest absolute Gasteiger partial charge is 0.320 e. The van der Waals surface area contributed by atoms with Crippen LogP contribution in [0.2, 0.25) is 0 Å². The molecule has 1 amide bonds. The summed E-state index contributed by atoms with van der Waals surface area (Å²) in [6.07, 6.45) is 2.26. The lowest BCUT2D eigenvalue weighted by Gasteiger charge is -2.29. The quantitative estimate of drug-likeness (QED) is 0.367. The average molecular weight is 395 g/mol. The lowest BCUT2D eigenvalue weighted by atomic mass is 9.94. The molecule has 138 valence electrons. The van der Waals surface area contributed by atoms with Gasteiger partial charge in [-0.1, -0.05) is 49.5 Å². The lowest BCUT2D eigenvalue weighted by Crippen LogP contribution is -2.48. The van der Waals surface area contributed by atoms with Gasteiger partial charge in [-0.2, -0.15) is 0 Å². The van der Waals surface area contributed by atoms with Crippen LogP contribution in [0.4, 0.5) is 0 Å². The molecule has 0 spiro atoms. The number of hydrogen-bond donors (Lipinski definition) is 3. The highest BCUT2D eigenvalue weighted by atomic mass is 32.2. The fraction of sp³-hybridized carbons (Fsp3) is 0.294. The molecular formula is C17H17NO6S2. The van der Waals surface area contributed by atoms with E-state index in [1.165, 1.54) is 12.1 Å². The fourth-order valence-corrected chi connectivity index (χ4v) is 4.04. The number of carbonyl (C=O) groups is 3. The second-order valence-electron chi connectivity index (χ2n) is 5.65. The Morgan fingerprint density at radius 2 is 1.81 bits per heavy atom. The summed E-state index contributed by atoms with van der Waals surface area (Å²) in [5.74, 6) is -5.20. The third-order valence-corrected chi connectivity index (χ3v) is 5.18. The van der Waals surface area contributed by atoms with E-state index in [0.29, 0.717) is 12.0 Å². The van der Waals surface area contributed by atoms with Gasteiger partial charge in [-0.25, -0.2) is 0 Å². The van der Waals surface area contributed by atoms with E-state index in [1.54, 1.807) is 25.1 Å². The number of nitrogens with zero attached hydrogens (tertiary/aromatic N) is 1. The number of carboxylic acid groups (broad SMARTS) is 2. The van der Waals surface area contributed by atoms with Gasteiger partial charge in [0, 0.05) is 0 Å². The Morgan fingerprint density at radius 1 is 1.23 bits per heavy atom. The van der Waals surface area contributed by atoms with Crippen molar-refractivity contribution in [3.8, 4) is 5.75 Å². The molecule has 0 bridgehead atoms. The van der Waals surface area contributed by atoms with E-state index in [4.69, 9.17) is 12.2 Å². The molecule has 1 aromatic rings. The minimum Gasteiger partial charge on any atom is -0.508 e. The van der Waals surface area contributed by atoms with Crippen molar-refractivity contribution >= 4 is 52.2 Å². The first-order valence-corrected chi connectivity index (χ1v) is 9.00. The monoisotopic (exact) mass is 395 g/mol. The Balaban J connectivity index is 2.37. The Kier molecular flexibility index (Phi) is 6.38. The molecule has 0 radical (unpaired) electrons. The van der Waals surface area contributed by atoms with Crippen LogP contribution in [-0.2, 0) is 14.4 Å². The predicted octanol–water partition coefficient (Wildman–Crippen LogP) is 2.55. The molecule has 0 saturated carbocycles. The van der Waals surface area contributed by atoms with Crippen LogP contribution >= 0.6 is 24.0 Å². The zero-order chi connectivity index (χ0) is 19.4. The minimum atomic E-state index is -1.76. The van der Waals surface area contributed by atoms with Gasteiger partial charge < -0.3 is 15.3 Å². The van der Waals surface area contributed by atoms with E-state index in [2.05, 4.69) is 0 Å². The number of benzene rings is 1. The summed E-state index contributed by atoms with van der Waals surface area (Å²) in [6, 6.07) is 5.10. The van der Waals surface area contributed by atoms with Crippen molar-refractivity contribution in [1.29, 1.82) is 0 Å². The van der Waals surface area contributed by atoms with Gasteiger partial charge in [0.15, 0.2) is 5.92 Å². The maximum Gasteiger partial charge on any atom is 0.320 e. The molecule has 3 N–H and O–H groups in total. The zero-order valence-electron chi connectivity index (χ0n) is 13.8. The molecule has 1 fully saturated rings. The molecule has 1 heterocycles. The molecule has 26 heavy (non-hydrogen) atoms. The molecule has 7 nitrogen and oxygen atoms in total. The summed E-state index contributed by atoms with van der Waals surface area (Å²) in [5, 5.41) is 27.9. The molecule has 1 aliphatic rings. The molecule has 1 unspecified atom stereocenters. The third kappa shape index (κ3) is 4.23. The highest BCUT2D eigenvalue weighted by molar-refractivity contribution is 8.26. The van der Waals surface area contributed by atoms with Crippen LogP contribution in [0.3, 0.4) is 0 Å². The molecule has 0 aliphatic carbocycles. The van der Waals surface area contributed by atoms with Crippen LogP contribution in [-0.4, -0.2) is 48.4 Å². The number of carbonyl (C=O) groups excluding carboxylic acids is 1. The number of rotatable bonds is 7. The number of aromatic hydroxyl groups is 1. The minimum absolute atomic E-state index is 0.0865. The van der Waals surface area contributed by atoms with Crippen LogP contribution in [0, 0.1) is 5.92 Å². The third-order valence-electron chi connectivity index (χ3n) is 3.85.